The maximum atomic E-state index is 6.06. The molecule has 4 nitrogen and oxygen atoms in total. The van der Waals surface area contributed by atoms with Crippen molar-refractivity contribution >= 4 is 12.6 Å². The van der Waals surface area contributed by atoms with Crippen LogP contribution in [-0.4, -0.2) is 31.5 Å². The molecular weight excluding hydrogens is 279 g/mol. The van der Waals surface area contributed by atoms with E-state index in [2.05, 4.69) is 27.7 Å². The lowest BCUT2D eigenvalue weighted by atomic mass is 9.79. The van der Waals surface area contributed by atoms with Crippen molar-refractivity contribution in [2.24, 2.45) is 0 Å². The standard InChI is InChI=1S/C17H27BO4/c1-7-19-15(20-8-2)13-9-11-14(12-10-13)18-21-16(3,4)17(5,6)22-18/h9-12,15H,7-8H2,1-6H3. The summed E-state index contributed by atoms with van der Waals surface area (Å²) in [5, 5.41) is 0. The fourth-order valence-corrected chi connectivity index (χ4v) is 2.33. The highest BCUT2D eigenvalue weighted by atomic mass is 16.7. The summed E-state index contributed by atoms with van der Waals surface area (Å²) in [4.78, 5) is 0. The van der Waals surface area contributed by atoms with Crippen LogP contribution in [0.5, 0.6) is 0 Å². The molecule has 1 fully saturated rings. The third-order valence-electron chi connectivity index (χ3n) is 4.37. The second-order valence-corrected chi connectivity index (χ2v) is 6.50. The third kappa shape index (κ3) is 3.54. The SMILES string of the molecule is CCOC(OCC)c1ccc(B2OC(C)(C)C(C)(C)O2)cc1. The van der Waals surface area contributed by atoms with Gasteiger partial charge in [0, 0.05) is 18.8 Å². The first kappa shape index (κ1) is 17.5. The van der Waals surface area contributed by atoms with Gasteiger partial charge in [-0.1, -0.05) is 24.3 Å². The molecule has 0 unspecified atom stereocenters. The molecule has 2 rings (SSSR count). The van der Waals surface area contributed by atoms with E-state index in [9.17, 15) is 0 Å². The quantitative estimate of drug-likeness (QED) is 0.598. The summed E-state index contributed by atoms with van der Waals surface area (Å²) in [5.41, 5.74) is 1.36. The van der Waals surface area contributed by atoms with Crippen LogP contribution in [0.25, 0.3) is 0 Å². The fourth-order valence-electron chi connectivity index (χ4n) is 2.33. The minimum atomic E-state index is -0.336. The number of rotatable bonds is 6. The average Bonchev–Trinajstić information content (AvgIpc) is 2.67. The van der Waals surface area contributed by atoms with Crippen LogP contribution in [0, 0.1) is 0 Å². The maximum absolute atomic E-state index is 6.06. The lowest BCUT2D eigenvalue weighted by Crippen LogP contribution is -2.41. The second kappa shape index (κ2) is 6.71. The van der Waals surface area contributed by atoms with Gasteiger partial charge >= 0.3 is 7.12 Å². The predicted octanol–water partition coefficient (Wildman–Crippen LogP) is 3.06. The molecule has 122 valence electrons. The van der Waals surface area contributed by atoms with Gasteiger partial charge in [0.25, 0.3) is 0 Å². The van der Waals surface area contributed by atoms with Crippen LogP contribution in [-0.2, 0) is 18.8 Å². The average molecular weight is 306 g/mol. The number of benzene rings is 1. The smallest absolute Gasteiger partial charge is 0.399 e. The summed E-state index contributed by atoms with van der Waals surface area (Å²) in [6, 6.07) is 8.05. The van der Waals surface area contributed by atoms with Crippen molar-refractivity contribution in [2.75, 3.05) is 13.2 Å². The summed E-state index contributed by atoms with van der Waals surface area (Å²) < 4.78 is 23.4. The summed E-state index contributed by atoms with van der Waals surface area (Å²) in [7, 11) is -0.336. The van der Waals surface area contributed by atoms with Crippen LogP contribution in [0.4, 0.5) is 0 Å². The van der Waals surface area contributed by atoms with E-state index in [0.717, 1.165) is 11.0 Å². The first-order valence-electron chi connectivity index (χ1n) is 7.99. The second-order valence-electron chi connectivity index (χ2n) is 6.50. The molecule has 1 aromatic rings. The molecule has 1 aliphatic rings. The fraction of sp³-hybridized carbons (Fsp3) is 0.647. The molecule has 0 N–H and O–H groups in total. The summed E-state index contributed by atoms with van der Waals surface area (Å²) in [5.74, 6) is 0. The van der Waals surface area contributed by atoms with Gasteiger partial charge in [-0.25, -0.2) is 0 Å². The third-order valence-corrected chi connectivity index (χ3v) is 4.37. The molecular formula is C17H27BO4. The molecule has 5 heteroatoms. The van der Waals surface area contributed by atoms with Gasteiger partial charge in [-0.15, -0.1) is 0 Å². The zero-order valence-corrected chi connectivity index (χ0v) is 14.5. The Balaban J connectivity index is 2.12. The molecule has 0 amide bonds. The van der Waals surface area contributed by atoms with Gasteiger partial charge < -0.3 is 18.8 Å². The van der Waals surface area contributed by atoms with Crippen molar-refractivity contribution in [1.82, 2.24) is 0 Å². The van der Waals surface area contributed by atoms with E-state index in [1.165, 1.54) is 0 Å². The van der Waals surface area contributed by atoms with Gasteiger partial charge in [-0.3, -0.25) is 0 Å². The largest absolute Gasteiger partial charge is 0.494 e. The highest BCUT2D eigenvalue weighted by Gasteiger charge is 2.51. The Labute approximate surface area is 134 Å². The van der Waals surface area contributed by atoms with Crippen molar-refractivity contribution in [1.29, 1.82) is 0 Å². The van der Waals surface area contributed by atoms with Gasteiger partial charge in [-0.05, 0) is 47.0 Å². The first-order valence-corrected chi connectivity index (χ1v) is 7.99. The van der Waals surface area contributed by atoms with Crippen LogP contribution in [0.15, 0.2) is 24.3 Å². The van der Waals surface area contributed by atoms with Crippen molar-refractivity contribution in [3.63, 3.8) is 0 Å². The van der Waals surface area contributed by atoms with Gasteiger partial charge in [0.2, 0.25) is 0 Å². The molecule has 22 heavy (non-hydrogen) atoms. The van der Waals surface area contributed by atoms with Crippen molar-refractivity contribution in [3.05, 3.63) is 29.8 Å². The number of hydrogen-bond donors (Lipinski definition) is 0. The van der Waals surface area contributed by atoms with Gasteiger partial charge in [0.05, 0.1) is 11.2 Å². The Morgan fingerprint density at radius 1 is 0.909 bits per heavy atom. The highest BCUT2D eigenvalue weighted by Crippen LogP contribution is 2.36. The first-order chi connectivity index (χ1) is 10.3. The molecule has 1 aromatic carbocycles. The zero-order chi connectivity index (χ0) is 16.4. The van der Waals surface area contributed by atoms with Gasteiger partial charge in [0.15, 0.2) is 6.29 Å². The summed E-state index contributed by atoms with van der Waals surface area (Å²) >= 11 is 0. The van der Waals surface area contributed by atoms with E-state index in [1.807, 2.05) is 38.1 Å². The Hall–Kier alpha value is -0.875. The van der Waals surface area contributed by atoms with Crippen LogP contribution in [0.2, 0.25) is 0 Å². The predicted molar refractivity (Wildman–Crippen MR) is 88.2 cm³/mol. The molecule has 1 saturated heterocycles. The maximum Gasteiger partial charge on any atom is 0.494 e. The van der Waals surface area contributed by atoms with Gasteiger partial charge in [0.1, 0.15) is 0 Å². The van der Waals surface area contributed by atoms with Crippen LogP contribution in [0.3, 0.4) is 0 Å². The normalized spacial score (nSPS) is 19.9. The lowest BCUT2D eigenvalue weighted by Gasteiger charge is -2.32. The molecule has 1 heterocycles. The Morgan fingerprint density at radius 3 is 1.77 bits per heavy atom. The van der Waals surface area contributed by atoms with E-state index in [-0.39, 0.29) is 24.6 Å². The van der Waals surface area contributed by atoms with E-state index >= 15 is 0 Å². The molecule has 0 atom stereocenters. The van der Waals surface area contributed by atoms with Crippen LogP contribution in [0.1, 0.15) is 53.4 Å². The van der Waals surface area contributed by atoms with Gasteiger partial charge in [-0.2, -0.15) is 0 Å². The minimum Gasteiger partial charge on any atom is -0.399 e. The van der Waals surface area contributed by atoms with Crippen LogP contribution >= 0.6 is 0 Å². The topological polar surface area (TPSA) is 36.9 Å². The molecule has 0 aliphatic carbocycles. The van der Waals surface area contributed by atoms with E-state index in [1.54, 1.807) is 0 Å². The molecule has 0 radical (unpaired) electrons. The number of ether oxygens (including phenoxy) is 2. The Bertz CT molecular complexity index is 462. The molecule has 0 bridgehead atoms. The van der Waals surface area contributed by atoms with Crippen molar-refractivity contribution in [2.45, 2.75) is 59.0 Å². The molecule has 0 spiro atoms. The zero-order valence-electron chi connectivity index (χ0n) is 14.5. The van der Waals surface area contributed by atoms with Crippen molar-refractivity contribution in [3.8, 4) is 0 Å². The summed E-state index contributed by atoms with van der Waals surface area (Å²) in [6.07, 6.45) is -0.317. The monoisotopic (exact) mass is 306 g/mol. The van der Waals surface area contributed by atoms with E-state index in [0.29, 0.717) is 13.2 Å². The highest BCUT2D eigenvalue weighted by molar-refractivity contribution is 6.62. The van der Waals surface area contributed by atoms with Crippen LogP contribution < -0.4 is 5.46 Å². The number of hydrogen-bond acceptors (Lipinski definition) is 4. The van der Waals surface area contributed by atoms with Crippen molar-refractivity contribution < 1.29 is 18.8 Å². The van der Waals surface area contributed by atoms with E-state index < -0.39 is 0 Å². The Kier molecular flexibility index (Phi) is 5.33. The molecule has 0 aromatic heterocycles. The minimum absolute atomic E-state index is 0.317. The summed E-state index contributed by atoms with van der Waals surface area (Å²) in [6.45, 7) is 13.4. The molecule has 1 aliphatic heterocycles. The Morgan fingerprint density at radius 2 is 1.36 bits per heavy atom. The lowest BCUT2D eigenvalue weighted by molar-refractivity contribution is -0.140. The molecule has 0 saturated carbocycles. The van der Waals surface area contributed by atoms with E-state index in [4.69, 9.17) is 18.8 Å².